The molecule has 1 aliphatic rings. The number of aromatic nitrogens is 2. The van der Waals surface area contributed by atoms with E-state index in [1.807, 2.05) is 0 Å². The summed E-state index contributed by atoms with van der Waals surface area (Å²) in [5.74, 6) is -0.565. The Morgan fingerprint density at radius 3 is 3.00 bits per heavy atom. The summed E-state index contributed by atoms with van der Waals surface area (Å²) in [6.07, 6.45) is 0.680. The number of carbonyl (C=O) groups excluding carboxylic acids is 1. The van der Waals surface area contributed by atoms with Crippen LogP contribution >= 0.6 is 23.1 Å². The number of ether oxygens (including phenoxy) is 1. The van der Waals surface area contributed by atoms with Gasteiger partial charge in [0.15, 0.2) is 4.34 Å². The molecule has 0 amide bonds. The van der Waals surface area contributed by atoms with E-state index in [1.54, 1.807) is 18.2 Å². The molecule has 0 saturated carbocycles. The van der Waals surface area contributed by atoms with Crippen molar-refractivity contribution in [1.29, 1.82) is 0 Å². The lowest BCUT2D eigenvalue weighted by Gasteiger charge is -2.02. The summed E-state index contributed by atoms with van der Waals surface area (Å²) >= 11 is 2.61. The summed E-state index contributed by atoms with van der Waals surface area (Å²) < 4.78 is 19.0. The zero-order valence-corrected chi connectivity index (χ0v) is 11.8. The standard InChI is InChI=1S/C12H10FN3O2S2/c13-7-3-1-2-4-8(7)14-11-15-16-12(20-11)19-9-5-6-18-10(9)17/h1-4,9H,5-6H2,(H,14,15). The number of hydrogen-bond donors (Lipinski definition) is 1. The fourth-order valence-electron chi connectivity index (χ4n) is 1.69. The van der Waals surface area contributed by atoms with Crippen molar-refractivity contribution in [3.8, 4) is 0 Å². The smallest absolute Gasteiger partial charge is 0.319 e. The Hall–Kier alpha value is -1.67. The van der Waals surface area contributed by atoms with E-state index in [-0.39, 0.29) is 17.0 Å². The second-order valence-electron chi connectivity index (χ2n) is 4.04. The van der Waals surface area contributed by atoms with Crippen LogP contribution in [0, 0.1) is 5.82 Å². The number of hydrogen-bond acceptors (Lipinski definition) is 7. The molecule has 1 N–H and O–H groups in total. The average Bonchev–Trinajstić information content (AvgIpc) is 3.03. The SMILES string of the molecule is O=C1OCCC1Sc1nnc(Nc2ccccc2F)s1. The van der Waals surface area contributed by atoms with Crippen LogP contribution in [0.1, 0.15) is 6.42 Å². The number of cyclic esters (lactones) is 1. The molecular weight excluding hydrogens is 301 g/mol. The van der Waals surface area contributed by atoms with Gasteiger partial charge in [-0.1, -0.05) is 35.2 Å². The molecule has 1 aromatic carbocycles. The Bertz CT molecular complexity index is 635. The minimum atomic E-state index is -0.351. The van der Waals surface area contributed by atoms with Gasteiger partial charge in [-0.05, 0) is 12.1 Å². The van der Waals surface area contributed by atoms with Crippen LogP contribution in [-0.4, -0.2) is 28.0 Å². The molecule has 104 valence electrons. The lowest BCUT2D eigenvalue weighted by Crippen LogP contribution is -2.08. The summed E-state index contributed by atoms with van der Waals surface area (Å²) in [6, 6.07) is 6.34. The third-order valence-corrected chi connectivity index (χ3v) is 4.82. The average molecular weight is 311 g/mol. The number of para-hydroxylation sites is 1. The Labute approximate surface area is 122 Å². The molecule has 2 heterocycles. The summed E-state index contributed by atoms with van der Waals surface area (Å²) in [5, 5.41) is 11.1. The molecule has 20 heavy (non-hydrogen) atoms. The van der Waals surface area contributed by atoms with Crippen molar-refractivity contribution in [2.75, 3.05) is 11.9 Å². The van der Waals surface area contributed by atoms with Gasteiger partial charge in [-0.25, -0.2) is 4.39 Å². The van der Waals surface area contributed by atoms with Crippen molar-refractivity contribution in [3.63, 3.8) is 0 Å². The molecule has 0 bridgehead atoms. The molecule has 1 fully saturated rings. The van der Waals surface area contributed by atoms with Gasteiger partial charge in [0.25, 0.3) is 0 Å². The highest BCUT2D eigenvalue weighted by molar-refractivity contribution is 8.02. The number of thioether (sulfide) groups is 1. The van der Waals surface area contributed by atoms with Crippen LogP contribution in [0.5, 0.6) is 0 Å². The first-order chi connectivity index (χ1) is 9.72. The second kappa shape index (κ2) is 5.76. The zero-order valence-electron chi connectivity index (χ0n) is 10.2. The van der Waals surface area contributed by atoms with E-state index >= 15 is 0 Å². The number of anilines is 2. The summed E-state index contributed by atoms with van der Waals surface area (Å²) in [7, 11) is 0. The molecule has 2 aromatic rings. The molecular formula is C12H10FN3O2S2. The first-order valence-corrected chi connectivity index (χ1v) is 7.60. The van der Waals surface area contributed by atoms with E-state index in [4.69, 9.17) is 4.74 Å². The number of esters is 1. The Balaban J connectivity index is 1.68. The number of rotatable bonds is 4. The van der Waals surface area contributed by atoms with Gasteiger partial charge in [-0.15, -0.1) is 10.2 Å². The highest BCUT2D eigenvalue weighted by Crippen LogP contribution is 2.34. The van der Waals surface area contributed by atoms with Crippen molar-refractivity contribution < 1.29 is 13.9 Å². The molecule has 5 nitrogen and oxygen atoms in total. The lowest BCUT2D eigenvalue weighted by atomic mass is 10.3. The Kier molecular flexibility index (Phi) is 3.83. The maximum absolute atomic E-state index is 13.5. The van der Waals surface area contributed by atoms with Gasteiger partial charge in [0, 0.05) is 6.42 Å². The van der Waals surface area contributed by atoms with E-state index in [1.165, 1.54) is 29.2 Å². The molecule has 8 heteroatoms. The number of carbonyl (C=O) groups is 1. The van der Waals surface area contributed by atoms with Gasteiger partial charge in [0.1, 0.15) is 11.1 Å². The van der Waals surface area contributed by atoms with Crippen molar-refractivity contribution in [3.05, 3.63) is 30.1 Å². The van der Waals surface area contributed by atoms with Gasteiger partial charge >= 0.3 is 5.97 Å². The number of benzene rings is 1. The third-order valence-electron chi connectivity index (χ3n) is 2.65. The van der Waals surface area contributed by atoms with Crippen molar-refractivity contribution in [1.82, 2.24) is 10.2 Å². The first-order valence-electron chi connectivity index (χ1n) is 5.91. The summed E-state index contributed by atoms with van der Waals surface area (Å²) in [5.41, 5.74) is 0.348. The topological polar surface area (TPSA) is 64.1 Å². The van der Waals surface area contributed by atoms with Crippen LogP contribution in [-0.2, 0) is 9.53 Å². The molecule has 3 rings (SSSR count). The zero-order chi connectivity index (χ0) is 13.9. The monoisotopic (exact) mass is 311 g/mol. The minimum Gasteiger partial charge on any atom is -0.465 e. The molecule has 1 atom stereocenters. The molecule has 1 aromatic heterocycles. The normalized spacial score (nSPS) is 18.1. The fourth-order valence-corrected chi connectivity index (χ4v) is 3.67. The van der Waals surface area contributed by atoms with Crippen LogP contribution < -0.4 is 5.32 Å². The van der Waals surface area contributed by atoms with Gasteiger partial charge < -0.3 is 10.1 Å². The lowest BCUT2D eigenvalue weighted by molar-refractivity contribution is -0.137. The fraction of sp³-hybridized carbons (Fsp3) is 0.250. The van der Waals surface area contributed by atoms with Crippen molar-refractivity contribution in [2.24, 2.45) is 0 Å². The minimum absolute atomic E-state index is 0.214. The molecule has 1 unspecified atom stereocenters. The molecule has 1 aliphatic heterocycles. The number of nitrogens with one attached hydrogen (secondary N) is 1. The van der Waals surface area contributed by atoms with Crippen LogP contribution in [0.4, 0.5) is 15.2 Å². The molecule has 0 aliphatic carbocycles. The van der Waals surface area contributed by atoms with Crippen LogP contribution in [0.15, 0.2) is 28.6 Å². The first kappa shape index (κ1) is 13.3. The summed E-state index contributed by atoms with van der Waals surface area (Å²) in [4.78, 5) is 11.4. The van der Waals surface area contributed by atoms with E-state index in [2.05, 4.69) is 15.5 Å². The van der Waals surface area contributed by atoms with Crippen molar-refractivity contribution in [2.45, 2.75) is 16.0 Å². The van der Waals surface area contributed by atoms with Crippen molar-refractivity contribution >= 4 is 39.9 Å². The highest BCUT2D eigenvalue weighted by atomic mass is 32.2. The molecule has 0 radical (unpaired) electrons. The second-order valence-corrected chi connectivity index (χ2v) is 6.47. The number of halogens is 1. The van der Waals surface area contributed by atoms with E-state index in [9.17, 15) is 9.18 Å². The van der Waals surface area contributed by atoms with Gasteiger partial charge in [-0.2, -0.15) is 0 Å². The maximum atomic E-state index is 13.5. The summed E-state index contributed by atoms with van der Waals surface area (Å²) in [6.45, 7) is 0.454. The Morgan fingerprint density at radius 1 is 1.40 bits per heavy atom. The quantitative estimate of drug-likeness (QED) is 0.876. The third kappa shape index (κ3) is 2.91. The predicted octanol–water partition coefficient (Wildman–Crippen LogP) is 2.83. The van der Waals surface area contributed by atoms with E-state index in [0.717, 1.165) is 0 Å². The van der Waals surface area contributed by atoms with E-state index in [0.29, 0.717) is 28.2 Å². The maximum Gasteiger partial charge on any atom is 0.319 e. The molecule has 1 saturated heterocycles. The van der Waals surface area contributed by atoms with Gasteiger partial charge in [0.05, 0.1) is 12.3 Å². The largest absolute Gasteiger partial charge is 0.465 e. The highest BCUT2D eigenvalue weighted by Gasteiger charge is 2.28. The van der Waals surface area contributed by atoms with E-state index < -0.39 is 0 Å². The van der Waals surface area contributed by atoms with Crippen LogP contribution in [0.3, 0.4) is 0 Å². The predicted molar refractivity (Wildman–Crippen MR) is 74.8 cm³/mol. The van der Waals surface area contributed by atoms with Crippen LogP contribution in [0.2, 0.25) is 0 Å². The van der Waals surface area contributed by atoms with Gasteiger partial charge in [-0.3, -0.25) is 4.79 Å². The Morgan fingerprint density at radius 2 is 2.25 bits per heavy atom. The number of nitrogens with zero attached hydrogens (tertiary/aromatic N) is 2. The molecule has 0 spiro atoms. The van der Waals surface area contributed by atoms with Gasteiger partial charge in [0.2, 0.25) is 5.13 Å². The van der Waals surface area contributed by atoms with Crippen LogP contribution in [0.25, 0.3) is 0 Å².